The molecule has 0 bridgehead atoms. The average Bonchev–Trinajstić information content (AvgIpc) is 2.90. The van der Waals surface area contributed by atoms with Crippen LogP contribution < -0.4 is 5.32 Å². The summed E-state index contributed by atoms with van der Waals surface area (Å²) in [4.78, 5) is 0. The third-order valence-corrected chi connectivity index (χ3v) is 3.27. The molecule has 1 aliphatic heterocycles. The van der Waals surface area contributed by atoms with Crippen molar-refractivity contribution in [3.8, 4) is 6.07 Å². The van der Waals surface area contributed by atoms with Crippen LogP contribution in [0.15, 0.2) is 24.3 Å². The maximum Gasteiger partial charge on any atom is 0.0995 e. The van der Waals surface area contributed by atoms with Crippen LogP contribution in [0.2, 0.25) is 0 Å². The third kappa shape index (κ3) is 3.06. The van der Waals surface area contributed by atoms with Crippen molar-refractivity contribution in [1.29, 1.82) is 5.26 Å². The molecule has 1 saturated heterocycles. The minimum absolute atomic E-state index is 0.323. The zero-order valence-electron chi connectivity index (χ0n) is 10.1. The Bertz CT molecular complexity index is 405. The zero-order valence-corrected chi connectivity index (χ0v) is 10.1. The maximum atomic E-state index is 8.99. The van der Waals surface area contributed by atoms with Crippen molar-refractivity contribution < 1.29 is 4.74 Å². The second kappa shape index (κ2) is 5.81. The lowest BCUT2D eigenvalue weighted by Gasteiger charge is -2.20. The molecule has 2 atom stereocenters. The molecule has 0 radical (unpaired) electrons. The Morgan fingerprint density at radius 2 is 2.35 bits per heavy atom. The monoisotopic (exact) mass is 230 g/mol. The average molecular weight is 230 g/mol. The highest BCUT2D eigenvalue weighted by molar-refractivity contribution is 5.37. The highest BCUT2D eigenvalue weighted by Gasteiger charge is 2.21. The molecule has 0 aromatic heterocycles. The summed E-state index contributed by atoms with van der Waals surface area (Å²) in [7, 11) is 0. The molecule has 17 heavy (non-hydrogen) atoms. The van der Waals surface area contributed by atoms with Crippen LogP contribution in [-0.4, -0.2) is 18.8 Å². The van der Waals surface area contributed by atoms with Crippen LogP contribution in [0, 0.1) is 11.3 Å². The fourth-order valence-corrected chi connectivity index (χ4v) is 2.18. The summed E-state index contributed by atoms with van der Waals surface area (Å²) in [6.45, 7) is 3.75. The molecule has 0 amide bonds. The Balaban J connectivity index is 1.91. The first-order valence-electron chi connectivity index (χ1n) is 6.14. The highest BCUT2D eigenvalue weighted by Crippen LogP contribution is 2.16. The lowest BCUT2D eigenvalue weighted by molar-refractivity contribution is 0.0832. The lowest BCUT2D eigenvalue weighted by Crippen LogP contribution is -2.36. The largest absolute Gasteiger partial charge is 0.377 e. The second-order valence-corrected chi connectivity index (χ2v) is 4.49. The molecular weight excluding hydrogens is 212 g/mol. The van der Waals surface area contributed by atoms with Gasteiger partial charge in [-0.25, -0.2) is 0 Å². The van der Waals surface area contributed by atoms with E-state index in [0.29, 0.717) is 12.1 Å². The molecule has 1 aromatic carbocycles. The van der Waals surface area contributed by atoms with Gasteiger partial charge in [0.1, 0.15) is 0 Å². The first-order valence-corrected chi connectivity index (χ1v) is 6.14. The first-order chi connectivity index (χ1) is 8.31. The minimum Gasteiger partial charge on any atom is -0.377 e. The van der Waals surface area contributed by atoms with Crippen molar-refractivity contribution in [1.82, 2.24) is 5.32 Å². The van der Waals surface area contributed by atoms with E-state index in [1.54, 1.807) is 0 Å². The van der Waals surface area contributed by atoms with Gasteiger partial charge in [0.05, 0.1) is 17.7 Å². The number of nitrogens with zero attached hydrogens (tertiary/aromatic N) is 1. The number of nitriles is 1. The molecule has 0 spiro atoms. The molecule has 0 aliphatic carbocycles. The first kappa shape index (κ1) is 12.1. The molecule has 1 fully saturated rings. The predicted molar refractivity (Wildman–Crippen MR) is 66.4 cm³/mol. The van der Waals surface area contributed by atoms with Gasteiger partial charge >= 0.3 is 0 Å². The molecule has 1 heterocycles. The van der Waals surface area contributed by atoms with Gasteiger partial charge in [0.2, 0.25) is 0 Å². The molecule has 3 nitrogen and oxygen atoms in total. The van der Waals surface area contributed by atoms with Gasteiger partial charge in [-0.3, -0.25) is 0 Å². The van der Waals surface area contributed by atoms with E-state index in [-0.39, 0.29) is 0 Å². The number of hydrogen-bond donors (Lipinski definition) is 1. The Kier molecular flexibility index (Phi) is 4.13. The van der Waals surface area contributed by atoms with Crippen molar-refractivity contribution in [2.45, 2.75) is 38.5 Å². The van der Waals surface area contributed by atoms with Gasteiger partial charge in [-0.2, -0.15) is 5.26 Å². The van der Waals surface area contributed by atoms with Crippen molar-refractivity contribution in [3.05, 3.63) is 35.4 Å². The SMILES string of the molecule is CC(NCc1ccccc1C#N)C1CCCO1. The fourth-order valence-electron chi connectivity index (χ4n) is 2.18. The Hall–Kier alpha value is -1.37. The van der Waals surface area contributed by atoms with Crippen LogP contribution in [0.3, 0.4) is 0 Å². The van der Waals surface area contributed by atoms with E-state index < -0.39 is 0 Å². The highest BCUT2D eigenvalue weighted by atomic mass is 16.5. The van der Waals surface area contributed by atoms with Gasteiger partial charge in [-0.1, -0.05) is 18.2 Å². The summed E-state index contributed by atoms with van der Waals surface area (Å²) < 4.78 is 5.63. The van der Waals surface area contributed by atoms with Crippen molar-refractivity contribution in [2.24, 2.45) is 0 Å². The summed E-state index contributed by atoms with van der Waals surface area (Å²) in [6.07, 6.45) is 2.61. The Morgan fingerprint density at radius 1 is 1.53 bits per heavy atom. The van der Waals surface area contributed by atoms with Crippen LogP contribution in [0.25, 0.3) is 0 Å². The molecule has 1 aliphatic rings. The van der Waals surface area contributed by atoms with Gasteiger partial charge in [0.15, 0.2) is 0 Å². The van der Waals surface area contributed by atoms with Crippen molar-refractivity contribution in [3.63, 3.8) is 0 Å². The summed E-state index contributed by atoms with van der Waals surface area (Å²) >= 11 is 0. The van der Waals surface area contributed by atoms with E-state index in [1.807, 2.05) is 24.3 Å². The van der Waals surface area contributed by atoms with Gasteiger partial charge in [-0.05, 0) is 31.4 Å². The minimum atomic E-state index is 0.323. The molecular formula is C14H18N2O. The van der Waals surface area contributed by atoms with Gasteiger partial charge < -0.3 is 10.1 Å². The Morgan fingerprint density at radius 3 is 3.06 bits per heavy atom. The van der Waals surface area contributed by atoms with Crippen LogP contribution in [0.5, 0.6) is 0 Å². The predicted octanol–water partition coefficient (Wildman–Crippen LogP) is 2.22. The smallest absolute Gasteiger partial charge is 0.0995 e. The van der Waals surface area contributed by atoms with Crippen LogP contribution >= 0.6 is 0 Å². The van der Waals surface area contributed by atoms with Crippen molar-refractivity contribution >= 4 is 0 Å². The topological polar surface area (TPSA) is 45.0 Å². The van der Waals surface area contributed by atoms with E-state index in [2.05, 4.69) is 18.3 Å². The molecule has 0 saturated carbocycles. The fraction of sp³-hybridized carbons (Fsp3) is 0.500. The number of benzene rings is 1. The maximum absolute atomic E-state index is 8.99. The summed E-state index contributed by atoms with van der Waals surface area (Å²) in [5.41, 5.74) is 1.80. The molecule has 2 rings (SSSR count). The van der Waals surface area contributed by atoms with Crippen molar-refractivity contribution in [2.75, 3.05) is 6.61 Å². The van der Waals surface area contributed by atoms with E-state index in [1.165, 1.54) is 0 Å². The summed E-state index contributed by atoms with van der Waals surface area (Å²) in [5, 5.41) is 12.4. The van der Waals surface area contributed by atoms with Crippen LogP contribution in [-0.2, 0) is 11.3 Å². The van der Waals surface area contributed by atoms with E-state index in [4.69, 9.17) is 10.00 Å². The van der Waals surface area contributed by atoms with E-state index >= 15 is 0 Å². The lowest BCUT2D eigenvalue weighted by atomic mass is 10.1. The normalized spacial score (nSPS) is 21.1. The summed E-state index contributed by atoms with van der Waals surface area (Å²) in [6, 6.07) is 10.3. The zero-order chi connectivity index (χ0) is 12.1. The number of ether oxygens (including phenoxy) is 1. The van der Waals surface area contributed by atoms with Gasteiger partial charge in [-0.15, -0.1) is 0 Å². The molecule has 2 unspecified atom stereocenters. The molecule has 1 N–H and O–H groups in total. The van der Waals surface area contributed by atoms with Crippen LogP contribution in [0.4, 0.5) is 0 Å². The quantitative estimate of drug-likeness (QED) is 0.862. The van der Waals surface area contributed by atoms with E-state index in [0.717, 1.165) is 37.1 Å². The number of nitrogens with one attached hydrogen (secondary N) is 1. The standard InChI is InChI=1S/C14H18N2O/c1-11(14-7-4-8-17-14)16-10-13-6-3-2-5-12(13)9-15/h2-3,5-6,11,14,16H,4,7-8,10H2,1H3. The van der Waals surface area contributed by atoms with Crippen LogP contribution in [0.1, 0.15) is 30.9 Å². The van der Waals surface area contributed by atoms with Gasteiger partial charge in [0, 0.05) is 19.2 Å². The molecule has 1 aromatic rings. The number of rotatable bonds is 4. The number of hydrogen-bond acceptors (Lipinski definition) is 3. The Labute approximate surface area is 102 Å². The molecule has 3 heteroatoms. The third-order valence-electron chi connectivity index (χ3n) is 3.27. The van der Waals surface area contributed by atoms with Gasteiger partial charge in [0.25, 0.3) is 0 Å². The van der Waals surface area contributed by atoms with E-state index in [9.17, 15) is 0 Å². The second-order valence-electron chi connectivity index (χ2n) is 4.49. The summed E-state index contributed by atoms with van der Waals surface area (Å²) in [5.74, 6) is 0. The molecule has 90 valence electrons.